The molecule has 3 N–H and O–H groups in total. The molecule has 2 unspecified atom stereocenters. The van der Waals surface area contributed by atoms with Crippen molar-refractivity contribution in [1.82, 2.24) is 9.97 Å². The lowest BCUT2D eigenvalue weighted by Crippen LogP contribution is -2.45. The first kappa shape index (κ1) is 48.2. The van der Waals surface area contributed by atoms with Gasteiger partial charge in [-0.2, -0.15) is 52.7 Å². The standard InChI is InChI=1S/C18H14Cl3F6N3.C18H13Cl3F6N2O/c19-11-5-10(6-12(20)14(11)21)16(18(25,26)27)3-4-30(8-16)13-2-1-9(7-28)15(29-13)17(22,23)24;19-11-5-10(6-12(20)14(11)21)16(18(25,26)27)3-4-29(8-16)13-2-1-9(7-30)15(28-13)17(22,23)24/h1-2,5-6H,3-4,7-8,28H2;1-2,5-6,30H,3-4,7-8H2. The number of aliphatic hydroxyl groups is 1. The second-order valence-electron chi connectivity index (χ2n) is 13.7. The summed E-state index contributed by atoms with van der Waals surface area (Å²) in [5, 5.41) is 8.32. The number of halogens is 18. The molecule has 6 rings (SSSR count). The van der Waals surface area contributed by atoms with Crippen molar-refractivity contribution in [2.45, 2.75) is 61.5 Å². The Morgan fingerprint density at radius 3 is 1.20 bits per heavy atom. The van der Waals surface area contributed by atoms with Crippen LogP contribution in [0.15, 0.2) is 48.5 Å². The Hall–Kier alpha value is -2.84. The van der Waals surface area contributed by atoms with Crippen molar-refractivity contribution < 1.29 is 57.8 Å². The Labute approximate surface area is 363 Å². The fraction of sp³-hybridized carbons (Fsp3) is 0.389. The summed E-state index contributed by atoms with van der Waals surface area (Å²) in [4.78, 5) is 9.32. The van der Waals surface area contributed by atoms with Crippen molar-refractivity contribution in [2.24, 2.45) is 5.73 Å². The SMILES string of the molecule is NCc1ccc(N2CCC(c3cc(Cl)c(Cl)c(Cl)c3)(C(F)(F)F)C2)nc1C(F)(F)F.OCc1ccc(N2CCC(c3cc(Cl)c(Cl)c(Cl)c3)(C(F)(F)F)C2)nc1C(F)(F)F. The number of alkyl halides is 12. The summed E-state index contributed by atoms with van der Waals surface area (Å²) in [6.45, 7) is -3.04. The highest BCUT2D eigenvalue weighted by molar-refractivity contribution is 6.48. The van der Waals surface area contributed by atoms with Gasteiger partial charge in [0.15, 0.2) is 11.4 Å². The van der Waals surface area contributed by atoms with Crippen LogP contribution in [0.5, 0.6) is 0 Å². The summed E-state index contributed by atoms with van der Waals surface area (Å²) < 4.78 is 165. The van der Waals surface area contributed by atoms with Crippen LogP contribution in [0.2, 0.25) is 30.1 Å². The number of benzene rings is 2. The second kappa shape index (κ2) is 17.4. The molecular weight excluding hydrogens is 959 g/mol. The molecule has 6 nitrogen and oxygen atoms in total. The highest BCUT2D eigenvalue weighted by Crippen LogP contribution is 2.52. The first-order valence-corrected chi connectivity index (χ1v) is 19.3. The predicted octanol–water partition coefficient (Wildman–Crippen LogP) is 12.5. The molecule has 0 radical (unpaired) electrons. The van der Waals surface area contributed by atoms with Crippen LogP contribution in [0, 0.1) is 0 Å². The normalized spacial score (nSPS) is 20.1. The van der Waals surface area contributed by atoms with Crippen molar-refractivity contribution in [1.29, 1.82) is 0 Å². The molecule has 0 aliphatic carbocycles. The molecule has 0 spiro atoms. The van der Waals surface area contributed by atoms with Gasteiger partial charge >= 0.3 is 24.7 Å². The van der Waals surface area contributed by atoms with Crippen molar-refractivity contribution in [2.75, 3.05) is 36.0 Å². The van der Waals surface area contributed by atoms with Crippen LogP contribution >= 0.6 is 69.6 Å². The maximum atomic E-state index is 14.2. The lowest BCUT2D eigenvalue weighted by molar-refractivity contribution is -0.185. The lowest BCUT2D eigenvalue weighted by atomic mass is 9.79. The van der Waals surface area contributed by atoms with Crippen LogP contribution in [0.4, 0.5) is 64.3 Å². The van der Waals surface area contributed by atoms with Crippen LogP contribution in [0.25, 0.3) is 0 Å². The van der Waals surface area contributed by atoms with Gasteiger partial charge in [0.1, 0.15) is 22.5 Å². The molecule has 0 amide bonds. The lowest BCUT2D eigenvalue weighted by Gasteiger charge is -2.33. The van der Waals surface area contributed by atoms with E-state index >= 15 is 0 Å². The second-order valence-corrected chi connectivity index (χ2v) is 16.1. The number of nitrogens with two attached hydrogens (primary N) is 1. The molecule has 60 heavy (non-hydrogen) atoms. The fourth-order valence-corrected chi connectivity index (χ4v) is 8.22. The van der Waals surface area contributed by atoms with E-state index < -0.39 is 91.6 Å². The molecule has 2 aliphatic heterocycles. The molecule has 2 saturated heterocycles. The van der Waals surface area contributed by atoms with Gasteiger partial charge in [-0.3, -0.25) is 0 Å². The molecule has 2 atom stereocenters. The zero-order valence-electron chi connectivity index (χ0n) is 29.9. The van der Waals surface area contributed by atoms with Crippen LogP contribution in [0.3, 0.4) is 0 Å². The van der Waals surface area contributed by atoms with E-state index in [0.29, 0.717) is 0 Å². The number of nitrogens with zero attached hydrogens (tertiary/aromatic N) is 4. The minimum Gasteiger partial charge on any atom is -0.392 e. The minimum atomic E-state index is -4.87. The molecule has 4 heterocycles. The first-order chi connectivity index (χ1) is 27.6. The third-order valence-electron chi connectivity index (χ3n) is 10.2. The highest BCUT2D eigenvalue weighted by atomic mass is 35.5. The summed E-state index contributed by atoms with van der Waals surface area (Å²) in [5.41, 5.74) is -3.23. The predicted molar refractivity (Wildman–Crippen MR) is 204 cm³/mol. The number of aromatic nitrogens is 2. The van der Waals surface area contributed by atoms with Gasteiger partial charge in [-0.15, -0.1) is 0 Å². The maximum absolute atomic E-state index is 14.2. The number of hydrogen-bond acceptors (Lipinski definition) is 6. The Kier molecular flexibility index (Phi) is 14.0. The van der Waals surface area contributed by atoms with E-state index in [1.54, 1.807) is 0 Å². The van der Waals surface area contributed by atoms with E-state index in [1.807, 2.05) is 0 Å². The van der Waals surface area contributed by atoms with E-state index in [9.17, 15) is 52.7 Å². The molecule has 328 valence electrons. The Morgan fingerprint density at radius 1 is 0.567 bits per heavy atom. The van der Waals surface area contributed by atoms with Gasteiger partial charge in [0.2, 0.25) is 0 Å². The maximum Gasteiger partial charge on any atom is 0.433 e. The molecule has 0 saturated carbocycles. The number of anilines is 2. The van der Waals surface area contributed by atoms with Crippen molar-refractivity contribution >= 4 is 81.2 Å². The number of aliphatic hydroxyl groups excluding tert-OH is 1. The highest BCUT2D eigenvalue weighted by Gasteiger charge is 2.61. The molecule has 24 heteroatoms. The smallest absolute Gasteiger partial charge is 0.392 e. The van der Waals surface area contributed by atoms with Gasteiger partial charge in [0.05, 0.1) is 36.7 Å². The average molecular weight is 986 g/mol. The van der Waals surface area contributed by atoms with Crippen molar-refractivity contribution in [3.8, 4) is 0 Å². The van der Waals surface area contributed by atoms with Gasteiger partial charge in [-0.1, -0.05) is 81.7 Å². The Morgan fingerprint density at radius 2 is 0.900 bits per heavy atom. The van der Waals surface area contributed by atoms with Crippen LogP contribution in [0.1, 0.15) is 46.5 Å². The monoisotopic (exact) mass is 983 g/mol. The van der Waals surface area contributed by atoms with E-state index in [4.69, 9.17) is 80.4 Å². The molecule has 2 fully saturated rings. The minimum absolute atomic E-state index is 0.0804. The molecule has 0 bridgehead atoms. The molecule has 2 aliphatic rings. The van der Waals surface area contributed by atoms with Gasteiger partial charge in [0.25, 0.3) is 0 Å². The van der Waals surface area contributed by atoms with Gasteiger partial charge in [0, 0.05) is 38.3 Å². The summed E-state index contributed by atoms with van der Waals surface area (Å²) >= 11 is 35.3. The molecule has 2 aromatic heterocycles. The van der Waals surface area contributed by atoms with E-state index in [-0.39, 0.29) is 71.6 Å². The average Bonchev–Trinajstić information content (AvgIpc) is 3.83. The van der Waals surface area contributed by atoms with Crippen LogP contribution in [-0.4, -0.2) is 53.6 Å². The van der Waals surface area contributed by atoms with Crippen molar-refractivity contribution in [3.63, 3.8) is 0 Å². The van der Waals surface area contributed by atoms with Gasteiger partial charge in [-0.25, -0.2) is 9.97 Å². The summed E-state index contributed by atoms with van der Waals surface area (Å²) in [6, 6.07) is 8.79. The van der Waals surface area contributed by atoms with Gasteiger partial charge in [-0.05, 0) is 65.9 Å². The topological polar surface area (TPSA) is 78.5 Å². The van der Waals surface area contributed by atoms with E-state index in [0.717, 1.165) is 52.3 Å². The largest absolute Gasteiger partial charge is 0.433 e. The number of hydrogen-bond donors (Lipinski definition) is 2. The van der Waals surface area contributed by atoms with Gasteiger partial charge < -0.3 is 20.6 Å². The summed E-state index contributed by atoms with van der Waals surface area (Å²) in [5.74, 6) is -0.506. The van der Waals surface area contributed by atoms with Crippen LogP contribution in [-0.2, 0) is 36.3 Å². The fourth-order valence-electron chi connectivity index (χ4n) is 7.03. The summed E-state index contributed by atoms with van der Waals surface area (Å²) in [6.07, 6.45) is -20.0. The Bertz CT molecular complexity index is 2040. The van der Waals surface area contributed by atoms with E-state index in [2.05, 4.69) is 9.97 Å². The zero-order chi connectivity index (χ0) is 45.0. The third kappa shape index (κ3) is 9.41. The quantitative estimate of drug-likeness (QED) is 0.148. The number of rotatable bonds is 6. The molecule has 2 aromatic carbocycles. The van der Waals surface area contributed by atoms with E-state index in [1.165, 1.54) is 6.07 Å². The first-order valence-electron chi connectivity index (χ1n) is 17.0. The summed E-state index contributed by atoms with van der Waals surface area (Å²) in [7, 11) is 0. The van der Waals surface area contributed by atoms with Crippen LogP contribution < -0.4 is 15.5 Å². The van der Waals surface area contributed by atoms with Crippen molar-refractivity contribution in [3.05, 3.63) is 112 Å². The molecular formula is C36H27Cl6F12N5O. The zero-order valence-corrected chi connectivity index (χ0v) is 34.4. The number of pyridine rings is 2. The Balaban J connectivity index is 0.000000228. The molecule has 4 aromatic rings. The third-order valence-corrected chi connectivity index (χ3v) is 12.6.